The first-order valence-electron chi connectivity index (χ1n) is 7.71. The molecule has 112 valence electrons. The SMILES string of the molecule is CCCCC1(C)c2cc(O)c(F)cc2CC(CC)C1N. The van der Waals surface area contributed by atoms with Crippen molar-refractivity contribution >= 4 is 0 Å². The number of hydrogen-bond donors (Lipinski definition) is 2. The lowest BCUT2D eigenvalue weighted by Gasteiger charge is -2.46. The van der Waals surface area contributed by atoms with Crippen molar-refractivity contribution in [3.8, 4) is 5.75 Å². The molecule has 3 atom stereocenters. The summed E-state index contributed by atoms with van der Waals surface area (Å²) in [5.41, 5.74) is 8.43. The maximum absolute atomic E-state index is 13.7. The lowest BCUT2D eigenvalue weighted by Crippen LogP contribution is -2.52. The van der Waals surface area contributed by atoms with Crippen LogP contribution in [0.4, 0.5) is 4.39 Å². The van der Waals surface area contributed by atoms with Crippen molar-refractivity contribution in [1.29, 1.82) is 0 Å². The van der Waals surface area contributed by atoms with Gasteiger partial charge >= 0.3 is 0 Å². The molecule has 0 aromatic heterocycles. The highest BCUT2D eigenvalue weighted by Gasteiger charge is 2.42. The second kappa shape index (κ2) is 5.72. The summed E-state index contributed by atoms with van der Waals surface area (Å²) in [4.78, 5) is 0. The van der Waals surface area contributed by atoms with E-state index in [1.807, 2.05) is 0 Å². The number of phenols is 1. The predicted octanol–water partition coefficient (Wildman–Crippen LogP) is 3.89. The molecule has 0 radical (unpaired) electrons. The lowest BCUT2D eigenvalue weighted by molar-refractivity contribution is 0.227. The fourth-order valence-corrected chi connectivity index (χ4v) is 3.66. The number of aromatic hydroxyl groups is 1. The summed E-state index contributed by atoms with van der Waals surface area (Å²) < 4.78 is 13.7. The lowest BCUT2D eigenvalue weighted by atomic mass is 9.61. The quantitative estimate of drug-likeness (QED) is 0.878. The molecule has 0 fully saturated rings. The minimum atomic E-state index is -0.521. The van der Waals surface area contributed by atoms with Gasteiger partial charge in [0.25, 0.3) is 0 Å². The van der Waals surface area contributed by atoms with Gasteiger partial charge in [0.05, 0.1) is 0 Å². The van der Waals surface area contributed by atoms with Crippen LogP contribution in [0.2, 0.25) is 0 Å². The molecule has 0 spiro atoms. The maximum atomic E-state index is 13.7. The van der Waals surface area contributed by atoms with Gasteiger partial charge in [-0.2, -0.15) is 0 Å². The molecule has 1 aromatic rings. The first kappa shape index (κ1) is 15.3. The van der Waals surface area contributed by atoms with Gasteiger partial charge in [0.15, 0.2) is 11.6 Å². The van der Waals surface area contributed by atoms with Gasteiger partial charge in [-0.3, -0.25) is 0 Å². The third kappa shape index (κ3) is 2.44. The fourth-order valence-electron chi connectivity index (χ4n) is 3.66. The average molecular weight is 279 g/mol. The Kier molecular flexibility index (Phi) is 4.38. The van der Waals surface area contributed by atoms with E-state index in [0.717, 1.165) is 43.2 Å². The van der Waals surface area contributed by atoms with Crippen LogP contribution in [0.5, 0.6) is 5.75 Å². The second-order valence-electron chi connectivity index (χ2n) is 6.38. The molecule has 2 nitrogen and oxygen atoms in total. The van der Waals surface area contributed by atoms with Gasteiger partial charge in [-0.1, -0.05) is 40.0 Å². The highest BCUT2D eigenvalue weighted by atomic mass is 19.1. The van der Waals surface area contributed by atoms with E-state index in [1.54, 1.807) is 6.07 Å². The van der Waals surface area contributed by atoms with Crippen molar-refractivity contribution in [1.82, 2.24) is 0 Å². The number of phenolic OH excluding ortho intramolecular Hbond substituents is 1. The molecule has 3 N–H and O–H groups in total. The summed E-state index contributed by atoms with van der Waals surface area (Å²) in [5.74, 6) is -0.395. The number of benzene rings is 1. The van der Waals surface area contributed by atoms with Crippen molar-refractivity contribution in [3.63, 3.8) is 0 Å². The largest absolute Gasteiger partial charge is 0.505 e. The second-order valence-corrected chi connectivity index (χ2v) is 6.38. The molecule has 0 saturated heterocycles. The molecule has 1 aliphatic rings. The number of unbranched alkanes of at least 4 members (excludes halogenated alkanes) is 1. The Labute approximate surface area is 121 Å². The molecule has 0 bridgehead atoms. The van der Waals surface area contributed by atoms with E-state index in [9.17, 15) is 9.50 Å². The number of hydrogen-bond acceptors (Lipinski definition) is 2. The topological polar surface area (TPSA) is 46.2 Å². The monoisotopic (exact) mass is 279 g/mol. The number of fused-ring (bicyclic) bond motifs is 1. The van der Waals surface area contributed by atoms with Crippen LogP contribution in [0.25, 0.3) is 0 Å². The Morgan fingerprint density at radius 3 is 2.70 bits per heavy atom. The third-order valence-electron chi connectivity index (χ3n) is 5.09. The van der Waals surface area contributed by atoms with E-state index in [1.165, 1.54) is 6.07 Å². The summed E-state index contributed by atoms with van der Waals surface area (Å²) in [6.45, 7) is 6.48. The van der Waals surface area contributed by atoms with Gasteiger partial charge in [-0.15, -0.1) is 0 Å². The molecule has 1 aromatic carbocycles. The Hall–Kier alpha value is -1.09. The summed E-state index contributed by atoms with van der Waals surface area (Å²) in [5, 5.41) is 9.73. The highest BCUT2D eigenvalue weighted by Crippen LogP contribution is 2.45. The maximum Gasteiger partial charge on any atom is 0.165 e. The zero-order valence-electron chi connectivity index (χ0n) is 12.7. The number of rotatable bonds is 4. The smallest absolute Gasteiger partial charge is 0.165 e. The van der Waals surface area contributed by atoms with E-state index >= 15 is 0 Å². The Bertz CT molecular complexity index is 488. The van der Waals surface area contributed by atoms with E-state index < -0.39 is 5.82 Å². The first-order chi connectivity index (χ1) is 9.43. The van der Waals surface area contributed by atoms with Crippen molar-refractivity contribution in [2.75, 3.05) is 0 Å². The Morgan fingerprint density at radius 1 is 1.40 bits per heavy atom. The van der Waals surface area contributed by atoms with Crippen molar-refractivity contribution in [2.24, 2.45) is 11.7 Å². The minimum Gasteiger partial charge on any atom is -0.505 e. The minimum absolute atomic E-state index is 0.0661. The Morgan fingerprint density at radius 2 is 2.10 bits per heavy atom. The van der Waals surface area contributed by atoms with Gasteiger partial charge in [-0.05, 0) is 42.0 Å². The molecule has 20 heavy (non-hydrogen) atoms. The van der Waals surface area contributed by atoms with Crippen LogP contribution in [-0.4, -0.2) is 11.1 Å². The van der Waals surface area contributed by atoms with E-state index in [0.29, 0.717) is 5.92 Å². The third-order valence-corrected chi connectivity index (χ3v) is 5.09. The van der Waals surface area contributed by atoms with Crippen molar-refractivity contribution in [3.05, 3.63) is 29.1 Å². The van der Waals surface area contributed by atoms with Crippen molar-refractivity contribution in [2.45, 2.75) is 64.3 Å². The zero-order chi connectivity index (χ0) is 14.9. The van der Waals surface area contributed by atoms with Crippen LogP contribution in [0.15, 0.2) is 12.1 Å². The van der Waals surface area contributed by atoms with Gasteiger partial charge in [-0.25, -0.2) is 4.39 Å². The van der Waals surface area contributed by atoms with Crippen LogP contribution in [0, 0.1) is 11.7 Å². The van der Waals surface area contributed by atoms with E-state index in [2.05, 4.69) is 20.8 Å². The predicted molar refractivity (Wildman–Crippen MR) is 80.4 cm³/mol. The molecule has 3 unspecified atom stereocenters. The normalized spacial score (nSPS) is 29.2. The summed E-state index contributed by atoms with van der Waals surface area (Å²) in [7, 11) is 0. The number of halogens is 1. The summed E-state index contributed by atoms with van der Waals surface area (Å²) in [6.07, 6.45) is 5.01. The van der Waals surface area contributed by atoms with Crippen LogP contribution >= 0.6 is 0 Å². The number of nitrogens with two attached hydrogens (primary N) is 1. The fraction of sp³-hybridized carbons (Fsp3) is 0.647. The van der Waals surface area contributed by atoms with E-state index in [4.69, 9.17) is 5.73 Å². The highest BCUT2D eigenvalue weighted by molar-refractivity contribution is 5.44. The molecule has 3 heteroatoms. The van der Waals surface area contributed by atoms with Crippen LogP contribution in [-0.2, 0) is 11.8 Å². The molecular formula is C17H26FNO. The summed E-state index contributed by atoms with van der Waals surface area (Å²) >= 11 is 0. The van der Waals surface area contributed by atoms with Crippen LogP contribution < -0.4 is 5.73 Å². The van der Waals surface area contributed by atoms with E-state index in [-0.39, 0.29) is 17.2 Å². The summed E-state index contributed by atoms with van der Waals surface area (Å²) in [6, 6.07) is 3.17. The van der Waals surface area contributed by atoms with Gasteiger partial charge in [0.2, 0.25) is 0 Å². The molecular weight excluding hydrogens is 253 g/mol. The van der Waals surface area contributed by atoms with Crippen molar-refractivity contribution < 1.29 is 9.50 Å². The molecule has 1 aliphatic carbocycles. The molecule has 0 saturated carbocycles. The van der Waals surface area contributed by atoms with Gasteiger partial charge in [0.1, 0.15) is 0 Å². The molecule has 0 heterocycles. The van der Waals surface area contributed by atoms with Crippen LogP contribution in [0.1, 0.15) is 57.6 Å². The van der Waals surface area contributed by atoms with Gasteiger partial charge < -0.3 is 10.8 Å². The molecule has 0 amide bonds. The van der Waals surface area contributed by atoms with Gasteiger partial charge in [0, 0.05) is 11.5 Å². The zero-order valence-corrected chi connectivity index (χ0v) is 12.7. The Balaban J connectivity index is 2.51. The first-order valence-corrected chi connectivity index (χ1v) is 7.71. The van der Waals surface area contributed by atoms with Crippen LogP contribution in [0.3, 0.4) is 0 Å². The molecule has 0 aliphatic heterocycles. The molecule has 2 rings (SSSR count). The standard InChI is InChI=1S/C17H26FNO/c1-4-6-7-17(3)13-10-15(20)14(18)9-12(13)8-11(5-2)16(17)19/h9-11,16,20H,4-8,19H2,1-3H3. The average Bonchev–Trinajstić information content (AvgIpc) is 2.43.